The molecule has 2 amide bonds. The van der Waals surface area contributed by atoms with Crippen LogP contribution < -0.4 is 10.2 Å². The molecule has 1 aliphatic carbocycles. The van der Waals surface area contributed by atoms with Gasteiger partial charge in [-0.25, -0.2) is 0 Å². The Kier molecular flexibility index (Phi) is 6.49. The molecule has 6 nitrogen and oxygen atoms in total. The van der Waals surface area contributed by atoms with Crippen molar-refractivity contribution in [1.29, 1.82) is 0 Å². The van der Waals surface area contributed by atoms with E-state index < -0.39 is 6.04 Å². The van der Waals surface area contributed by atoms with Gasteiger partial charge < -0.3 is 5.32 Å². The Morgan fingerprint density at radius 2 is 1.90 bits per heavy atom. The number of pyridine rings is 2. The zero-order chi connectivity index (χ0) is 20.8. The molecule has 1 N–H and O–H groups in total. The molecule has 3 aromatic heterocycles. The number of aromatic nitrogens is 2. The van der Waals surface area contributed by atoms with Crippen LogP contribution in [-0.4, -0.2) is 27.8 Å². The van der Waals surface area contributed by atoms with Gasteiger partial charge in [-0.15, -0.1) is 11.3 Å². The summed E-state index contributed by atoms with van der Waals surface area (Å²) in [5.41, 5.74) is 0.846. The third kappa shape index (κ3) is 4.57. The zero-order valence-corrected chi connectivity index (χ0v) is 17.4. The Bertz CT molecular complexity index is 957. The van der Waals surface area contributed by atoms with E-state index in [1.54, 1.807) is 48.9 Å². The highest BCUT2D eigenvalue weighted by Gasteiger charge is 2.35. The highest BCUT2D eigenvalue weighted by Crippen LogP contribution is 2.32. The molecule has 3 heterocycles. The number of nitrogens with zero attached hydrogens (tertiary/aromatic N) is 3. The van der Waals surface area contributed by atoms with E-state index in [1.807, 2.05) is 17.5 Å². The van der Waals surface area contributed by atoms with Gasteiger partial charge in [0, 0.05) is 23.3 Å². The van der Waals surface area contributed by atoms with Crippen LogP contribution in [0.15, 0.2) is 66.4 Å². The second kappa shape index (κ2) is 9.63. The fourth-order valence-corrected chi connectivity index (χ4v) is 4.65. The number of carbonyl (C=O) groups is 2. The van der Waals surface area contributed by atoms with Crippen LogP contribution in [-0.2, 0) is 4.79 Å². The van der Waals surface area contributed by atoms with Crippen molar-refractivity contribution < 1.29 is 9.59 Å². The molecule has 4 rings (SSSR count). The minimum Gasteiger partial charge on any atom is -0.351 e. The van der Waals surface area contributed by atoms with Crippen LogP contribution in [0.25, 0.3) is 0 Å². The van der Waals surface area contributed by atoms with Crippen molar-refractivity contribution in [3.63, 3.8) is 0 Å². The number of anilines is 1. The molecule has 1 aliphatic rings. The smallest absolute Gasteiger partial charge is 0.277 e. The van der Waals surface area contributed by atoms with E-state index >= 15 is 0 Å². The second-order valence-corrected chi connectivity index (χ2v) is 8.34. The van der Waals surface area contributed by atoms with Crippen molar-refractivity contribution in [2.24, 2.45) is 0 Å². The Labute approximate surface area is 180 Å². The molecule has 3 aromatic rings. The van der Waals surface area contributed by atoms with Crippen molar-refractivity contribution in [2.45, 2.75) is 44.2 Å². The van der Waals surface area contributed by atoms with E-state index in [0.717, 1.165) is 30.6 Å². The third-order valence-corrected chi connectivity index (χ3v) is 6.22. The minimum absolute atomic E-state index is 0.148. The van der Waals surface area contributed by atoms with Crippen molar-refractivity contribution in [3.8, 4) is 0 Å². The summed E-state index contributed by atoms with van der Waals surface area (Å²) in [4.78, 5) is 37.8. The highest BCUT2D eigenvalue weighted by atomic mass is 32.1. The number of thiophene rings is 1. The molecule has 0 aliphatic heterocycles. The van der Waals surface area contributed by atoms with E-state index in [-0.39, 0.29) is 23.6 Å². The average molecular weight is 421 g/mol. The molecule has 0 radical (unpaired) electrons. The lowest BCUT2D eigenvalue weighted by Crippen LogP contribution is -2.47. The molecule has 1 unspecified atom stereocenters. The van der Waals surface area contributed by atoms with Gasteiger partial charge in [0.05, 0.1) is 11.9 Å². The topological polar surface area (TPSA) is 75.2 Å². The van der Waals surface area contributed by atoms with Crippen molar-refractivity contribution in [2.75, 3.05) is 4.90 Å². The molecule has 30 heavy (non-hydrogen) atoms. The molecule has 0 saturated heterocycles. The van der Waals surface area contributed by atoms with Gasteiger partial charge in [-0.3, -0.25) is 24.5 Å². The summed E-state index contributed by atoms with van der Waals surface area (Å²) in [6.45, 7) is 0. The van der Waals surface area contributed by atoms with E-state index in [9.17, 15) is 9.59 Å². The summed E-state index contributed by atoms with van der Waals surface area (Å²) >= 11 is 1.46. The number of nitrogens with one attached hydrogen (secondary N) is 1. The number of hydrogen-bond acceptors (Lipinski definition) is 5. The van der Waals surface area contributed by atoms with E-state index in [0.29, 0.717) is 5.69 Å². The Morgan fingerprint density at radius 3 is 2.57 bits per heavy atom. The number of carbonyl (C=O) groups excluding carboxylic acids is 2. The molecule has 0 aromatic carbocycles. The number of amides is 2. The predicted octanol–water partition coefficient (Wildman–Crippen LogP) is 4.38. The first-order chi connectivity index (χ1) is 14.7. The maximum absolute atomic E-state index is 13.5. The first-order valence-corrected chi connectivity index (χ1v) is 11.1. The summed E-state index contributed by atoms with van der Waals surface area (Å²) in [5.74, 6) is -0.502. The molecular weight excluding hydrogens is 396 g/mol. The number of hydrogen-bond donors (Lipinski definition) is 1. The summed E-state index contributed by atoms with van der Waals surface area (Å²) in [7, 11) is 0. The van der Waals surface area contributed by atoms with Gasteiger partial charge in [0.15, 0.2) is 6.04 Å². The minimum atomic E-state index is -0.786. The van der Waals surface area contributed by atoms with E-state index in [1.165, 1.54) is 22.7 Å². The predicted molar refractivity (Wildman–Crippen MR) is 117 cm³/mol. The Morgan fingerprint density at radius 1 is 1.03 bits per heavy atom. The van der Waals surface area contributed by atoms with Crippen molar-refractivity contribution in [3.05, 3.63) is 77.0 Å². The fraction of sp³-hybridized carbons (Fsp3) is 0.304. The molecule has 1 atom stereocenters. The monoisotopic (exact) mass is 420 g/mol. The van der Waals surface area contributed by atoms with Crippen LogP contribution in [0.3, 0.4) is 0 Å². The lowest BCUT2D eigenvalue weighted by Gasteiger charge is -2.32. The molecule has 1 saturated carbocycles. The third-order valence-electron chi connectivity index (χ3n) is 5.30. The molecule has 7 heteroatoms. The lowest BCUT2D eigenvalue weighted by atomic mass is 9.95. The Balaban J connectivity index is 1.73. The van der Waals surface area contributed by atoms with Crippen LogP contribution in [0.5, 0.6) is 0 Å². The van der Waals surface area contributed by atoms with Crippen LogP contribution >= 0.6 is 11.3 Å². The molecule has 154 valence electrons. The maximum Gasteiger partial charge on any atom is 0.277 e. The van der Waals surface area contributed by atoms with Gasteiger partial charge in [0.1, 0.15) is 5.69 Å². The Hall–Kier alpha value is -3.06. The van der Waals surface area contributed by atoms with Gasteiger partial charge >= 0.3 is 0 Å². The van der Waals surface area contributed by atoms with Crippen LogP contribution in [0, 0.1) is 0 Å². The quantitative estimate of drug-likeness (QED) is 0.642. The molecular formula is C23H24N4O2S. The normalized spacial score (nSPS) is 15.3. The summed E-state index contributed by atoms with van der Waals surface area (Å²) in [5, 5.41) is 5.12. The maximum atomic E-state index is 13.5. The average Bonchev–Trinajstić information content (AvgIpc) is 3.33. The first-order valence-electron chi connectivity index (χ1n) is 10.2. The standard InChI is InChI=1S/C23H24N4O2S/c28-22(26-17-8-2-1-3-9-17)21(20-12-7-15-30-20)27(18-10-6-13-24-16-18)23(29)19-11-4-5-14-25-19/h4-7,10-17,21H,1-3,8-9H2,(H,26,28). The number of rotatable bonds is 6. The lowest BCUT2D eigenvalue weighted by molar-refractivity contribution is -0.123. The van der Waals surface area contributed by atoms with Crippen LogP contribution in [0.1, 0.15) is 53.5 Å². The van der Waals surface area contributed by atoms with E-state index in [4.69, 9.17) is 0 Å². The van der Waals surface area contributed by atoms with Gasteiger partial charge in [-0.1, -0.05) is 31.4 Å². The summed E-state index contributed by atoms with van der Waals surface area (Å²) in [6, 6.07) is 11.9. The fourth-order valence-electron chi connectivity index (χ4n) is 3.84. The summed E-state index contributed by atoms with van der Waals surface area (Å²) < 4.78 is 0. The zero-order valence-electron chi connectivity index (χ0n) is 16.6. The van der Waals surface area contributed by atoms with Crippen LogP contribution in [0.4, 0.5) is 5.69 Å². The first kappa shape index (κ1) is 20.2. The van der Waals surface area contributed by atoms with Gasteiger partial charge in [-0.05, 0) is 48.6 Å². The van der Waals surface area contributed by atoms with E-state index in [2.05, 4.69) is 15.3 Å². The van der Waals surface area contributed by atoms with Gasteiger partial charge in [0.2, 0.25) is 5.91 Å². The van der Waals surface area contributed by atoms with Crippen LogP contribution in [0.2, 0.25) is 0 Å². The van der Waals surface area contributed by atoms with Gasteiger partial charge in [0.25, 0.3) is 5.91 Å². The molecule has 1 fully saturated rings. The largest absolute Gasteiger partial charge is 0.351 e. The molecule has 0 spiro atoms. The van der Waals surface area contributed by atoms with Crippen molar-refractivity contribution >= 4 is 28.8 Å². The van der Waals surface area contributed by atoms with Crippen molar-refractivity contribution in [1.82, 2.24) is 15.3 Å². The van der Waals surface area contributed by atoms with Gasteiger partial charge in [-0.2, -0.15) is 0 Å². The summed E-state index contributed by atoms with van der Waals surface area (Å²) in [6.07, 6.45) is 10.2. The second-order valence-electron chi connectivity index (χ2n) is 7.36. The molecule has 0 bridgehead atoms. The SMILES string of the molecule is O=C(NC1CCCCC1)C(c1cccs1)N(C(=O)c1ccccn1)c1cccnc1. The highest BCUT2D eigenvalue weighted by molar-refractivity contribution is 7.10.